The Morgan fingerprint density at radius 3 is 1.55 bits per heavy atom. The molecule has 0 amide bonds. The quantitative estimate of drug-likeness (QED) is 0.141. The number of fused-ring (bicyclic) bond motifs is 10. The Morgan fingerprint density at radius 1 is 0.308 bits per heavy atom. The van der Waals surface area contributed by atoms with E-state index in [9.17, 15) is 0 Å². The molecule has 4 nitrogen and oxygen atoms in total. The lowest BCUT2D eigenvalue weighted by Gasteiger charge is -2.44. The van der Waals surface area contributed by atoms with Crippen LogP contribution in [0.1, 0.15) is 22.3 Å². The van der Waals surface area contributed by atoms with Gasteiger partial charge in [-0.25, -0.2) is 0 Å². The van der Waals surface area contributed by atoms with Crippen molar-refractivity contribution in [1.29, 1.82) is 0 Å². The number of hydrogen-bond acceptors (Lipinski definition) is 3. The summed E-state index contributed by atoms with van der Waals surface area (Å²) >= 11 is 0. The van der Waals surface area contributed by atoms with Crippen molar-refractivity contribution in [3.8, 4) is 16.8 Å². The van der Waals surface area contributed by atoms with E-state index in [1.165, 1.54) is 82.9 Å². The monoisotopic (exact) mass is 992 g/mol. The van der Waals surface area contributed by atoms with E-state index in [0.29, 0.717) is 0 Å². The van der Waals surface area contributed by atoms with E-state index in [0.717, 1.165) is 45.5 Å². The molecule has 16 rings (SSSR count). The van der Waals surface area contributed by atoms with Crippen LogP contribution in [0.25, 0.3) is 38.6 Å². The SMILES string of the molecule is c1ccc(N(c2ccccc2)c2ccc3c(c2)N(c2ccc4c(c2)C(c2ccccc2)(c2ccccc2)c2ccccc2-4)c2cccc4c2B3c2ccccc2N4c2ccc3c(c2)c2ccccc2n3-c2ccccc2)cc1. The molecule has 12 aromatic carbocycles. The first kappa shape index (κ1) is 44.2. The lowest BCUT2D eigenvalue weighted by atomic mass is 9.33. The third kappa shape index (κ3) is 6.42. The number of anilines is 9. The number of hydrogen-bond donors (Lipinski definition) is 0. The van der Waals surface area contributed by atoms with Gasteiger partial charge in [0, 0.05) is 67.6 Å². The van der Waals surface area contributed by atoms with Crippen molar-refractivity contribution in [2.75, 3.05) is 14.7 Å². The van der Waals surface area contributed by atoms with Crippen LogP contribution in [0.5, 0.6) is 0 Å². The molecule has 0 atom stereocenters. The molecule has 0 saturated heterocycles. The Balaban J connectivity index is 0.959. The minimum atomic E-state index is -0.570. The first-order valence-electron chi connectivity index (χ1n) is 27.0. The van der Waals surface area contributed by atoms with E-state index >= 15 is 0 Å². The second-order valence-electron chi connectivity index (χ2n) is 20.8. The van der Waals surface area contributed by atoms with Gasteiger partial charge >= 0.3 is 0 Å². The zero-order valence-electron chi connectivity index (χ0n) is 42.7. The average Bonchev–Trinajstić information content (AvgIpc) is 4.10. The largest absolute Gasteiger partial charge is 0.311 e. The van der Waals surface area contributed by atoms with Crippen LogP contribution in [-0.4, -0.2) is 11.3 Å². The summed E-state index contributed by atoms with van der Waals surface area (Å²) in [4.78, 5) is 7.49. The maximum atomic E-state index is 2.58. The molecular formula is C73H49BN4. The second kappa shape index (κ2) is 17.5. The summed E-state index contributed by atoms with van der Waals surface area (Å²) in [5.41, 5.74) is 24.5. The zero-order valence-corrected chi connectivity index (χ0v) is 42.7. The van der Waals surface area contributed by atoms with E-state index in [1.54, 1.807) is 0 Å². The molecule has 3 heterocycles. The molecule has 364 valence electrons. The van der Waals surface area contributed by atoms with Gasteiger partial charge in [-0.1, -0.05) is 194 Å². The molecule has 1 aromatic heterocycles. The van der Waals surface area contributed by atoms with Crippen LogP contribution >= 0.6 is 0 Å². The highest BCUT2D eigenvalue weighted by Gasteiger charge is 2.48. The fraction of sp³-hybridized carbons (Fsp3) is 0.0137. The highest BCUT2D eigenvalue weighted by molar-refractivity contribution is 7.00. The molecule has 0 bridgehead atoms. The highest BCUT2D eigenvalue weighted by atomic mass is 15.2. The molecule has 0 N–H and O–H groups in total. The lowest BCUT2D eigenvalue weighted by Crippen LogP contribution is -2.61. The summed E-state index contributed by atoms with van der Waals surface area (Å²) in [5, 5.41) is 2.45. The van der Waals surface area contributed by atoms with Gasteiger partial charge < -0.3 is 19.3 Å². The molecule has 1 aliphatic carbocycles. The van der Waals surface area contributed by atoms with Gasteiger partial charge in [-0.05, 0) is 153 Å². The molecular weight excluding hydrogens is 944 g/mol. The van der Waals surface area contributed by atoms with Crippen molar-refractivity contribution in [2.24, 2.45) is 0 Å². The molecule has 0 fully saturated rings. The normalized spacial score (nSPS) is 13.4. The van der Waals surface area contributed by atoms with Gasteiger partial charge in [0.1, 0.15) is 0 Å². The van der Waals surface area contributed by atoms with Gasteiger partial charge in [-0.15, -0.1) is 0 Å². The Bertz CT molecular complexity index is 4380. The van der Waals surface area contributed by atoms with Crippen LogP contribution in [0.2, 0.25) is 0 Å². The van der Waals surface area contributed by atoms with Crippen molar-refractivity contribution >= 4 is 96.1 Å². The fourth-order valence-corrected chi connectivity index (χ4v) is 13.7. The first-order chi connectivity index (χ1) is 38.7. The van der Waals surface area contributed by atoms with Gasteiger partial charge in [0.2, 0.25) is 0 Å². The number of rotatable bonds is 8. The first-order valence-corrected chi connectivity index (χ1v) is 27.0. The predicted octanol–water partition coefficient (Wildman–Crippen LogP) is 16.7. The molecule has 0 unspecified atom stereocenters. The highest BCUT2D eigenvalue weighted by Crippen LogP contribution is 2.58. The number of para-hydroxylation sites is 5. The summed E-state index contributed by atoms with van der Waals surface area (Å²) in [7, 11) is 0. The van der Waals surface area contributed by atoms with Gasteiger partial charge in [0.15, 0.2) is 0 Å². The average molecular weight is 993 g/mol. The van der Waals surface area contributed by atoms with E-state index in [1.807, 2.05) is 0 Å². The summed E-state index contributed by atoms with van der Waals surface area (Å²) in [6.45, 7) is -0.0546. The third-order valence-electron chi connectivity index (χ3n) is 16.8. The number of aromatic nitrogens is 1. The Hall–Kier alpha value is -10.1. The van der Waals surface area contributed by atoms with E-state index in [2.05, 4.69) is 317 Å². The van der Waals surface area contributed by atoms with Gasteiger partial charge in [-0.2, -0.15) is 0 Å². The van der Waals surface area contributed by atoms with E-state index in [4.69, 9.17) is 0 Å². The standard InChI is InChI=1S/C73H49BN4/c1-6-23-50(24-7-1)73(51-25-8-2-9-26-51)62-35-18-16-33-58(62)59-44-41-56(48-63(59)73)78-70-40-22-39-69-72(70)74(65-45-42-57(49-71(65)78)75(52-27-10-3-11-28-52)53-29-12-4-13-30-53)64-36-19-21-38-68(64)77(69)55-43-46-67-61(47-55)60-34-17-20-37-66(60)76(67)54-31-14-5-15-32-54/h1-49H. The maximum absolute atomic E-state index is 2.58. The van der Waals surface area contributed by atoms with Crippen LogP contribution in [0.15, 0.2) is 297 Å². The van der Waals surface area contributed by atoms with Crippen molar-refractivity contribution < 1.29 is 0 Å². The van der Waals surface area contributed by atoms with Crippen LogP contribution in [0.3, 0.4) is 0 Å². The predicted molar refractivity (Wildman–Crippen MR) is 327 cm³/mol. The zero-order chi connectivity index (χ0) is 51.3. The molecule has 0 spiro atoms. The molecule has 13 aromatic rings. The van der Waals surface area contributed by atoms with Crippen LogP contribution in [0.4, 0.5) is 51.2 Å². The summed E-state index contributed by atoms with van der Waals surface area (Å²) in [5.74, 6) is 0. The van der Waals surface area contributed by atoms with Crippen molar-refractivity contribution in [2.45, 2.75) is 5.41 Å². The Kier molecular flexibility index (Phi) is 9.92. The van der Waals surface area contributed by atoms with E-state index in [-0.39, 0.29) is 6.71 Å². The van der Waals surface area contributed by atoms with Crippen LogP contribution in [-0.2, 0) is 5.41 Å². The number of nitrogens with zero attached hydrogens (tertiary/aromatic N) is 4. The smallest absolute Gasteiger partial charge is 0.252 e. The fourth-order valence-electron chi connectivity index (χ4n) is 13.7. The lowest BCUT2D eigenvalue weighted by molar-refractivity contribution is 0.768. The van der Waals surface area contributed by atoms with Gasteiger partial charge in [0.25, 0.3) is 6.71 Å². The van der Waals surface area contributed by atoms with Crippen molar-refractivity contribution in [3.05, 3.63) is 320 Å². The topological polar surface area (TPSA) is 14.7 Å². The third-order valence-corrected chi connectivity index (χ3v) is 16.8. The summed E-state index contributed by atoms with van der Waals surface area (Å²) < 4.78 is 2.40. The van der Waals surface area contributed by atoms with E-state index < -0.39 is 5.41 Å². The molecule has 2 aliphatic heterocycles. The second-order valence-corrected chi connectivity index (χ2v) is 20.8. The summed E-state index contributed by atoms with van der Waals surface area (Å²) in [6.07, 6.45) is 0. The summed E-state index contributed by atoms with van der Waals surface area (Å²) in [6, 6.07) is 110. The molecule has 0 saturated carbocycles. The van der Waals surface area contributed by atoms with Gasteiger partial charge in [0.05, 0.1) is 16.4 Å². The van der Waals surface area contributed by atoms with Crippen molar-refractivity contribution in [1.82, 2.24) is 4.57 Å². The van der Waals surface area contributed by atoms with Crippen LogP contribution in [0, 0.1) is 0 Å². The molecule has 5 heteroatoms. The molecule has 3 aliphatic rings. The Labute approximate surface area is 454 Å². The minimum Gasteiger partial charge on any atom is -0.311 e. The molecule has 78 heavy (non-hydrogen) atoms. The maximum Gasteiger partial charge on any atom is 0.252 e. The molecule has 0 radical (unpaired) electrons. The minimum absolute atomic E-state index is 0.0546. The number of benzene rings is 12. The van der Waals surface area contributed by atoms with Crippen molar-refractivity contribution in [3.63, 3.8) is 0 Å². The van der Waals surface area contributed by atoms with Crippen LogP contribution < -0.4 is 31.1 Å². The van der Waals surface area contributed by atoms with Gasteiger partial charge in [-0.3, -0.25) is 0 Å². The Morgan fingerprint density at radius 2 is 0.833 bits per heavy atom.